The molecule has 7 heteroatoms. The van der Waals surface area contributed by atoms with Crippen LogP contribution in [0.4, 0.5) is 0 Å². The smallest absolute Gasteiger partial charge is 0.349 e. The molecular weight excluding hydrogens is 432 g/mol. The summed E-state index contributed by atoms with van der Waals surface area (Å²) in [6.07, 6.45) is 0. The number of carbonyl (C=O) groups is 1. The highest BCUT2D eigenvalue weighted by molar-refractivity contribution is 5.74. The van der Waals surface area contributed by atoms with Crippen LogP contribution >= 0.6 is 0 Å². The number of para-hydroxylation sites is 1. The van der Waals surface area contributed by atoms with Gasteiger partial charge < -0.3 is 24.7 Å². The van der Waals surface area contributed by atoms with E-state index < -0.39 is 11.9 Å². The third-order valence-electron chi connectivity index (χ3n) is 5.33. The van der Waals surface area contributed by atoms with Crippen molar-refractivity contribution in [3.05, 3.63) is 94.9 Å². The van der Waals surface area contributed by atoms with E-state index >= 15 is 0 Å². The van der Waals surface area contributed by atoms with Crippen LogP contribution in [0.1, 0.15) is 29.5 Å². The Morgan fingerprint density at radius 1 is 1.03 bits per heavy atom. The van der Waals surface area contributed by atoms with E-state index in [4.69, 9.17) is 24.7 Å². The average molecular weight is 456 g/mol. The molecule has 0 saturated carbocycles. The summed E-state index contributed by atoms with van der Waals surface area (Å²) in [5.74, 6) is 0.875. The van der Waals surface area contributed by atoms with E-state index in [0.717, 1.165) is 11.1 Å². The molecule has 2 N–H and O–H groups in total. The minimum absolute atomic E-state index is 0.00233. The lowest BCUT2D eigenvalue weighted by Crippen LogP contribution is -2.22. The third-order valence-corrected chi connectivity index (χ3v) is 5.33. The highest BCUT2D eigenvalue weighted by atomic mass is 16.6. The zero-order valence-corrected chi connectivity index (χ0v) is 18.9. The van der Waals surface area contributed by atoms with Gasteiger partial charge in [-0.1, -0.05) is 42.0 Å². The molecule has 1 aliphatic rings. The number of fused-ring (bicyclic) bond motifs is 1. The van der Waals surface area contributed by atoms with Crippen molar-refractivity contribution in [1.29, 1.82) is 5.26 Å². The van der Waals surface area contributed by atoms with Crippen molar-refractivity contribution < 1.29 is 23.7 Å². The van der Waals surface area contributed by atoms with Gasteiger partial charge >= 0.3 is 5.97 Å². The molecule has 0 spiro atoms. The van der Waals surface area contributed by atoms with Crippen molar-refractivity contribution in [2.75, 3.05) is 13.2 Å². The fourth-order valence-electron chi connectivity index (χ4n) is 3.76. The van der Waals surface area contributed by atoms with E-state index in [1.165, 1.54) is 0 Å². The number of hydrogen-bond donors (Lipinski definition) is 1. The summed E-state index contributed by atoms with van der Waals surface area (Å²) in [5.41, 5.74) is 8.99. The molecular formula is C27H24N2O5. The first-order valence-corrected chi connectivity index (χ1v) is 10.8. The first-order chi connectivity index (χ1) is 16.5. The standard InChI is InChI=1S/C27H24N2O5/c1-3-31-23-7-5-4-6-20(23)26-21-13-12-19(14-24(21)34-27(29)22(26)15-28)33-25(30)16-32-18-10-8-17(2)9-11-18/h4-14,26H,3,16,29H2,1-2H3. The molecule has 0 saturated heterocycles. The lowest BCUT2D eigenvalue weighted by Gasteiger charge is -2.27. The van der Waals surface area contributed by atoms with Crippen molar-refractivity contribution in [3.63, 3.8) is 0 Å². The van der Waals surface area contributed by atoms with Crippen LogP contribution in [0.15, 0.2) is 78.2 Å². The first-order valence-electron chi connectivity index (χ1n) is 10.8. The molecule has 172 valence electrons. The highest BCUT2D eigenvalue weighted by Gasteiger charge is 2.32. The number of carbonyl (C=O) groups excluding carboxylic acids is 1. The zero-order valence-electron chi connectivity index (χ0n) is 18.9. The van der Waals surface area contributed by atoms with Gasteiger partial charge in [-0.05, 0) is 38.1 Å². The van der Waals surface area contributed by atoms with Crippen molar-refractivity contribution in [3.8, 4) is 29.1 Å². The maximum absolute atomic E-state index is 12.3. The van der Waals surface area contributed by atoms with Crippen LogP contribution in [0.2, 0.25) is 0 Å². The second-order valence-corrected chi connectivity index (χ2v) is 7.67. The van der Waals surface area contributed by atoms with E-state index in [1.54, 1.807) is 30.3 Å². The van der Waals surface area contributed by atoms with Crippen LogP contribution in [0.5, 0.6) is 23.0 Å². The Hall–Kier alpha value is -4.44. The topological polar surface area (TPSA) is 104 Å². The minimum Gasteiger partial charge on any atom is -0.494 e. The number of benzene rings is 3. The summed E-state index contributed by atoms with van der Waals surface area (Å²) in [6.45, 7) is 4.10. The molecule has 0 amide bonds. The SMILES string of the molecule is CCOc1ccccc1C1C(C#N)=C(N)Oc2cc(OC(=O)COc3ccc(C)cc3)ccc21. The van der Waals surface area contributed by atoms with Crippen molar-refractivity contribution >= 4 is 5.97 Å². The molecule has 1 heterocycles. The molecule has 0 bridgehead atoms. The number of nitriles is 1. The lowest BCUT2D eigenvalue weighted by atomic mass is 9.83. The van der Waals surface area contributed by atoms with Crippen LogP contribution < -0.4 is 24.7 Å². The van der Waals surface area contributed by atoms with Crippen molar-refractivity contribution in [2.24, 2.45) is 5.73 Å². The third kappa shape index (κ3) is 4.81. The second-order valence-electron chi connectivity index (χ2n) is 7.67. The number of hydrogen-bond acceptors (Lipinski definition) is 7. The number of nitrogens with zero attached hydrogens (tertiary/aromatic N) is 1. The van der Waals surface area contributed by atoms with E-state index in [0.29, 0.717) is 29.4 Å². The van der Waals surface area contributed by atoms with Crippen LogP contribution in [-0.4, -0.2) is 19.2 Å². The monoisotopic (exact) mass is 456 g/mol. The molecule has 7 nitrogen and oxygen atoms in total. The summed E-state index contributed by atoms with van der Waals surface area (Å²) in [4.78, 5) is 12.3. The largest absolute Gasteiger partial charge is 0.494 e. The summed E-state index contributed by atoms with van der Waals surface area (Å²) in [6, 6.07) is 22.0. The predicted octanol–water partition coefficient (Wildman–Crippen LogP) is 4.60. The van der Waals surface area contributed by atoms with Crippen LogP contribution in [0.25, 0.3) is 0 Å². The summed E-state index contributed by atoms with van der Waals surface area (Å²) < 4.78 is 22.4. The summed E-state index contributed by atoms with van der Waals surface area (Å²) in [7, 11) is 0. The zero-order chi connectivity index (χ0) is 24.1. The molecule has 0 aliphatic carbocycles. The molecule has 1 unspecified atom stereocenters. The molecule has 34 heavy (non-hydrogen) atoms. The lowest BCUT2D eigenvalue weighted by molar-refractivity contribution is -0.136. The quantitative estimate of drug-likeness (QED) is 0.409. The Morgan fingerprint density at radius 3 is 2.50 bits per heavy atom. The number of ether oxygens (including phenoxy) is 4. The van der Waals surface area contributed by atoms with Gasteiger partial charge in [-0.15, -0.1) is 0 Å². The first kappa shape index (κ1) is 22.7. The molecule has 0 radical (unpaired) electrons. The average Bonchev–Trinajstić information content (AvgIpc) is 2.83. The van der Waals surface area contributed by atoms with Crippen molar-refractivity contribution in [1.82, 2.24) is 0 Å². The van der Waals surface area contributed by atoms with Gasteiger partial charge in [0.15, 0.2) is 6.61 Å². The Kier molecular flexibility index (Phi) is 6.69. The normalized spacial score (nSPS) is 14.4. The number of nitrogens with two attached hydrogens (primary N) is 1. The molecule has 3 aromatic carbocycles. The van der Waals surface area contributed by atoms with Gasteiger partial charge in [-0.25, -0.2) is 4.79 Å². The Labute approximate surface area is 197 Å². The molecule has 3 aromatic rings. The number of aryl methyl sites for hydroxylation is 1. The Morgan fingerprint density at radius 2 is 1.76 bits per heavy atom. The van der Waals surface area contributed by atoms with Crippen LogP contribution in [-0.2, 0) is 4.79 Å². The molecule has 1 aliphatic heterocycles. The summed E-state index contributed by atoms with van der Waals surface area (Å²) in [5, 5.41) is 9.79. The van der Waals surface area contributed by atoms with E-state index in [-0.39, 0.29) is 23.8 Å². The van der Waals surface area contributed by atoms with E-state index in [1.807, 2.05) is 50.2 Å². The fraction of sp³-hybridized carbons (Fsp3) is 0.185. The van der Waals surface area contributed by atoms with E-state index in [2.05, 4.69) is 6.07 Å². The summed E-state index contributed by atoms with van der Waals surface area (Å²) >= 11 is 0. The molecule has 4 rings (SSSR count). The second kappa shape index (κ2) is 10.0. The van der Waals surface area contributed by atoms with Crippen LogP contribution in [0.3, 0.4) is 0 Å². The maximum Gasteiger partial charge on any atom is 0.349 e. The molecule has 0 aromatic heterocycles. The van der Waals surface area contributed by atoms with Gasteiger partial charge in [0.05, 0.1) is 12.5 Å². The van der Waals surface area contributed by atoms with Crippen LogP contribution in [0, 0.1) is 18.3 Å². The Balaban J connectivity index is 1.57. The minimum atomic E-state index is -0.559. The Bertz CT molecular complexity index is 1270. The molecule has 0 fully saturated rings. The van der Waals surface area contributed by atoms with Gasteiger partial charge in [0, 0.05) is 17.2 Å². The van der Waals surface area contributed by atoms with Gasteiger partial charge in [-0.3, -0.25) is 0 Å². The van der Waals surface area contributed by atoms with E-state index in [9.17, 15) is 10.1 Å². The maximum atomic E-state index is 12.3. The number of rotatable bonds is 7. The predicted molar refractivity (Wildman–Crippen MR) is 126 cm³/mol. The van der Waals surface area contributed by atoms with Gasteiger partial charge in [0.1, 0.15) is 34.6 Å². The van der Waals surface area contributed by atoms with Crippen molar-refractivity contribution in [2.45, 2.75) is 19.8 Å². The number of esters is 1. The number of allylic oxidation sites excluding steroid dienone is 1. The van der Waals surface area contributed by atoms with Gasteiger partial charge in [0.25, 0.3) is 0 Å². The van der Waals surface area contributed by atoms with Gasteiger partial charge in [0.2, 0.25) is 5.88 Å². The van der Waals surface area contributed by atoms with Gasteiger partial charge in [-0.2, -0.15) is 5.26 Å². The molecule has 1 atom stereocenters. The fourth-order valence-corrected chi connectivity index (χ4v) is 3.76. The highest BCUT2D eigenvalue weighted by Crippen LogP contribution is 2.45.